The molecule has 0 aromatic carbocycles. The Morgan fingerprint density at radius 3 is 2.84 bits per heavy atom. The summed E-state index contributed by atoms with van der Waals surface area (Å²) in [4.78, 5) is 11.6. The maximum Gasteiger partial charge on any atom is 0.221 e. The highest BCUT2D eigenvalue weighted by atomic mass is 16.5. The number of carbonyl (C=O) groups is 1. The van der Waals surface area contributed by atoms with Crippen LogP contribution in [0.2, 0.25) is 0 Å². The van der Waals surface area contributed by atoms with Crippen LogP contribution in [-0.2, 0) is 9.53 Å². The molecule has 1 aliphatic heterocycles. The van der Waals surface area contributed by atoms with Gasteiger partial charge < -0.3 is 15.4 Å². The molecule has 2 fully saturated rings. The van der Waals surface area contributed by atoms with Crippen molar-refractivity contribution in [3.05, 3.63) is 0 Å². The molecule has 1 spiro atoms. The average molecular weight is 268 g/mol. The van der Waals surface area contributed by atoms with Gasteiger partial charge in [0.1, 0.15) is 0 Å². The molecule has 2 rings (SSSR count). The molecule has 4 heteroatoms. The molecule has 1 unspecified atom stereocenters. The molecule has 1 amide bonds. The number of hydrogen-bond donors (Lipinski definition) is 2. The van der Waals surface area contributed by atoms with Crippen molar-refractivity contribution in [3.63, 3.8) is 0 Å². The summed E-state index contributed by atoms with van der Waals surface area (Å²) < 4.78 is 5.90. The summed E-state index contributed by atoms with van der Waals surface area (Å²) in [6, 6.07) is 0.534. The molecule has 0 radical (unpaired) electrons. The Labute approximate surface area is 116 Å². The van der Waals surface area contributed by atoms with Gasteiger partial charge in [0, 0.05) is 32.2 Å². The van der Waals surface area contributed by atoms with Gasteiger partial charge in [-0.3, -0.25) is 4.79 Å². The summed E-state index contributed by atoms with van der Waals surface area (Å²) in [5.74, 6) is 0.678. The normalized spacial score (nSPS) is 25.3. The van der Waals surface area contributed by atoms with Crippen molar-refractivity contribution in [1.82, 2.24) is 10.6 Å². The van der Waals surface area contributed by atoms with E-state index < -0.39 is 0 Å². The molecule has 0 bridgehead atoms. The van der Waals surface area contributed by atoms with Gasteiger partial charge in [-0.25, -0.2) is 0 Å². The summed E-state index contributed by atoms with van der Waals surface area (Å²) >= 11 is 0. The predicted octanol–water partition coefficient (Wildman–Crippen LogP) is 1.84. The first-order valence-corrected chi connectivity index (χ1v) is 7.74. The Morgan fingerprint density at radius 1 is 1.42 bits per heavy atom. The standard InChI is InChI=1S/C15H28N2O2/c1-12(2)11-17-14(18)4-8-16-13-5-9-19-15(10-13)6-3-7-15/h12-13,16H,3-11H2,1-2H3,(H,17,18). The van der Waals surface area contributed by atoms with Crippen LogP contribution in [0.25, 0.3) is 0 Å². The zero-order chi connectivity index (χ0) is 13.7. The summed E-state index contributed by atoms with van der Waals surface area (Å²) in [7, 11) is 0. The zero-order valence-electron chi connectivity index (χ0n) is 12.3. The number of hydrogen-bond acceptors (Lipinski definition) is 3. The molecule has 0 aromatic heterocycles. The second-order valence-electron chi connectivity index (χ2n) is 6.48. The van der Waals surface area contributed by atoms with Gasteiger partial charge in [0.25, 0.3) is 0 Å². The van der Waals surface area contributed by atoms with Gasteiger partial charge in [0.2, 0.25) is 5.91 Å². The molecule has 2 aliphatic rings. The van der Waals surface area contributed by atoms with E-state index in [0.717, 1.165) is 32.5 Å². The summed E-state index contributed by atoms with van der Waals surface area (Å²) in [6.45, 7) is 6.65. The quantitative estimate of drug-likeness (QED) is 0.773. The van der Waals surface area contributed by atoms with Gasteiger partial charge >= 0.3 is 0 Å². The van der Waals surface area contributed by atoms with Crippen LogP contribution < -0.4 is 10.6 Å². The molecule has 19 heavy (non-hydrogen) atoms. The lowest BCUT2D eigenvalue weighted by atomic mass is 9.74. The Bertz CT molecular complexity index is 301. The molecule has 0 aromatic rings. The van der Waals surface area contributed by atoms with Crippen molar-refractivity contribution < 1.29 is 9.53 Å². The summed E-state index contributed by atoms with van der Waals surface area (Å²) in [6.07, 6.45) is 6.54. The minimum absolute atomic E-state index is 0.159. The van der Waals surface area contributed by atoms with E-state index in [1.807, 2.05) is 0 Å². The van der Waals surface area contributed by atoms with E-state index in [2.05, 4.69) is 24.5 Å². The van der Waals surface area contributed by atoms with Crippen molar-refractivity contribution in [2.75, 3.05) is 19.7 Å². The molecule has 1 saturated heterocycles. The minimum Gasteiger partial charge on any atom is -0.375 e. The summed E-state index contributed by atoms with van der Waals surface area (Å²) in [5.41, 5.74) is 0.190. The van der Waals surface area contributed by atoms with E-state index >= 15 is 0 Å². The Hall–Kier alpha value is -0.610. The Morgan fingerprint density at radius 2 is 2.21 bits per heavy atom. The van der Waals surface area contributed by atoms with E-state index in [4.69, 9.17) is 4.74 Å². The first-order valence-electron chi connectivity index (χ1n) is 7.74. The second kappa shape index (κ2) is 6.71. The Balaban J connectivity index is 1.59. The first kappa shape index (κ1) is 14.8. The van der Waals surface area contributed by atoms with Crippen LogP contribution >= 0.6 is 0 Å². The lowest BCUT2D eigenvalue weighted by Crippen LogP contribution is -2.51. The van der Waals surface area contributed by atoms with Crippen LogP contribution in [0.1, 0.15) is 52.4 Å². The summed E-state index contributed by atoms with van der Waals surface area (Å²) in [5, 5.41) is 6.48. The fourth-order valence-electron chi connectivity index (χ4n) is 2.92. The van der Waals surface area contributed by atoms with Crippen LogP contribution in [-0.4, -0.2) is 37.2 Å². The van der Waals surface area contributed by atoms with E-state index in [1.54, 1.807) is 0 Å². The van der Waals surface area contributed by atoms with Crippen molar-refractivity contribution in [1.29, 1.82) is 0 Å². The smallest absolute Gasteiger partial charge is 0.221 e. The highest BCUT2D eigenvalue weighted by Crippen LogP contribution is 2.42. The number of ether oxygens (including phenoxy) is 1. The van der Waals surface area contributed by atoms with Gasteiger partial charge in [0.05, 0.1) is 5.60 Å². The van der Waals surface area contributed by atoms with Crippen molar-refractivity contribution in [3.8, 4) is 0 Å². The average Bonchev–Trinajstić information content (AvgIpc) is 2.35. The first-order chi connectivity index (χ1) is 9.10. The maximum absolute atomic E-state index is 11.6. The fraction of sp³-hybridized carbons (Fsp3) is 0.933. The van der Waals surface area contributed by atoms with E-state index in [-0.39, 0.29) is 11.5 Å². The lowest BCUT2D eigenvalue weighted by molar-refractivity contribution is -0.135. The third-order valence-corrected chi connectivity index (χ3v) is 4.25. The van der Waals surface area contributed by atoms with Gasteiger partial charge in [0.15, 0.2) is 0 Å². The molecular formula is C15H28N2O2. The topological polar surface area (TPSA) is 50.4 Å². The third kappa shape index (κ3) is 4.46. The van der Waals surface area contributed by atoms with E-state index in [0.29, 0.717) is 18.4 Å². The predicted molar refractivity (Wildman–Crippen MR) is 76.0 cm³/mol. The molecule has 2 N–H and O–H groups in total. The molecule has 1 aliphatic carbocycles. The number of amides is 1. The van der Waals surface area contributed by atoms with Crippen LogP contribution in [0, 0.1) is 5.92 Å². The molecule has 1 atom stereocenters. The SMILES string of the molecule is CC(C)CNC(=O)CCNC1CCOC2(CCC2)C1. The second-order valence-corrected chi connectivity index (χ2v) is 6.48. The van der Waals surface area contributed by atoms with Crippen LogP contribution in [0.5, 0.6) is 0 Å². The van der Waals surface area contributed by atoms with Crippen molar-refractivity contribution in [2.45, 2.75) is 64.0 Å². The fourth-order valence-corrected chi connectivity index (χ4v) is 2.92. The van der Waals surface area contributed by atoms with Crippen molar-refractivity contribution >= 4 is 5.91 Å². The maximum atomic E-state index is 11.6. The van der Waals surface area contributed by atoms with E-state index in [9.17, 15) is 4.79 Å². The van der Waals surface area contributed by atoms with Crippen LogP contribution in [0.15, 0.2) is 0 Å². The molecule has 4 nitrogen and oxygen atoms in total. The largest absolute Gasteiger partial charge is 0.375 e. The van der Waals surface area contributed by atoms with Gasteiger partial charge in [-0.05, 0) is 38.0 Å². The highest BCUT2D eigenvalue weighted by molar-refractivity contribution is 5.76. The number of nitrogens with one attached hydrogen (secondary N) is 2. The van der Waals surface area contributed by atoms with Crippen LogP contribution in [0.3, 0.4) is 0 Å². The van der Waals surface area contributed by atoms with E-state index in [1.165, 1.54) is 19.3 Å². The van der Waals surface area contributed by atoms with Crippen LogP contribution in [0.4, 0.5) is 0 Å². The number of carbonyl (C=O) groups excluding carboxylic acids is 1. The highest BCUT2D eigenvalue weighted by Gasteiger charge is 2.42. The molecule has 1 heterocycles. The number of rotatable bonds is 6. The van der Waals surface area contributed by atoms with Crippen molar-refractivity contribution in [2.24, 2.45) is 5.92 Å². The minimum atomic E-state index is 0.159. The van der Waals surface area contributed by atoms with Gasteiger partial charge in [-0.1, -0.05) is 13.8 Å². The third-order valence-electron chi connectivity index (χ3n) is 4.25. The molecule has 110 valence electrons. The lowest BCUT2D eigenvalue weighted by Gasteiger charge is -2.47. The molecular weight excluding hydrogens is 240 g/mol. The Kier molecular flexibility index (Phi) is 5.22. The molecule has 1 saturated carbocycles. The van der Waals surface area contributed by atoms with Gasteiger partial charge in [-0.15, -0.1) is 0 Å². The van der Waals surface area contributed by atoms with Gasteiger partial charge in [-0.2, -0.15) is 0 Å². The monoisotopic (exact) mass is 268 g/mol. The zero-order valence-corrected chi connectivity index (χ0v) is 12.3.